The molecule has 0 spiro atoms. The van der Waals surface area contributed by atoms with Crippen LogP contribution in [0.4, 0.5) is 0 Å². The highest BCUT2D eigenvalue weighted by Gasteiger charge is 2.26. The van der Waals surface area contributed by atoms with Crippen molar-refractivity contribution in [2.24, 2.45) is 0 Å². The zero-order valence-electron chi connectivity index (χ0n) is 8.00. The van der Waals surface area contributed by atoms with Gasteiger partial charge in [-0.25, -0.2) is 4.98 Å². The number of hydrogen-bond donors (Lipinski definition) is 0. The van der Waals surface area contributed by atoms with Crippen LogP contribution < -0.4 is 0 Å². The van der Waals surface area contributed by atoms with Crippen molar-refractivity contribution in [2.45, 2.75) is 25.7 Å². The van der Waals surface area contributed by atoms with Crippen LogP contribution >= 0.6 is 11.6 Å². The molecule has 14 heavy (non-hydrogen) atoms. The van der Waals surface area contributed by atoms with Crippen molar-refractivity contribution in [1.82, 2.24) is 9.38 Å². The molecule has 1 aliphatic rings. The fraction of sp³-hybridized carbons (Fsp3) is 0.364. The van der Waals surface area contributed by atoms with Crippen LogP contribution in [0.15, 0.2) is 18.5 Å². The molecule has 2 nitrogen and oxygen atoms in total. The Morgan fingerprint density at radius 3 is 3.00 bits per heavy atom. The smallest absolute Gasteiger partial charge is 0.139 e. The average molecular weight is 207 g/mol. The monoisotopic (exact) mass is 206 g/mol. The first-order valence-corrected chi connectivity index (χ1v) is 5.26. The fourth-order valence-electron chi connectivity index (χ4n) is 1.91. The number of halogens is 1. The molecular weight excluding hydrogens is 196 g/mol. The number of nitrogens with zero attached hydrogens (tertiary/aromatic N) is 2. The van der Waals surface area contributed by atoms with Gasteiger partial charge in [0.15, 0.2) is 0 Å². The Labute approximate surface area is 87.5 Å². The highest BCUT2D eigenvalue weighted by atomic mass is 35.5. The van der Waals surface area contributed by atoms with Gasteiger partial charge in [0.1, 0.15) is 5.65 Å². The van der Waals surface area contributed by atoms with Gasteiger partial charge in [0.25, 0.3) is 0 Å². The maximum Gasteiger partial charge on any atom is 0.139 e. The van der Waals surface area contributed by atoms with Crippen LogP contribution in [-0.4, -0.2) is 9.38 Å². The summed E-state index contributed by atoms with van der Waals surface area (Å²) in [4.78, 5) is 4.42. The molecule has 0 aromatic carbocycles. The van der Waals surface area contributed by atoms with Crippen molar-refractivity contribution in [1.29, 1.82) is 0 Å². The number of hydrogen-bond acceptors (Lipinski definition) is 1. The molecule has 1 aliphatic carbocycles. The predicted octanol–water partition coefficient (Wildman–Crippen LogP) is 3.17. The van der Waals surface area contributed by atoms with Crippen molar-refractivity contribution in [3.05, 3.63) is 34.7 Å². The average Bonchev–Trinajstić information content (AvgIpc) is 2.87. The minimum absolute atomic E-state index is 0.711. The summed E-state index contributed by atoms with van der Waals surface area (Å²) in [5, 5.41) is 0.787. The summed E-state index contributed by atoms with van der Waals surface area (Å²) in [6.07, 6.45) is 6.53. The van der Waals surface area contributed by atoms with E-state index in [0.29, 0.717) is 5.92 Å². The Morgan fingerprint density at radius 2 is 2.29 bits per heavy atom. The first-order chi connectivity index (χ1) is 6.75. The van der Waals surface area contributed by atoms with Gasteiger partial charge in [-0.05, 0) is 31.4 Å². The van der Waals surface area contributed by atoms with Crippen LogP contribution in [0.3, 0.4) is 0 Å². The van der Waals surface area contributed by atoms with Crippen LogP contribution in [0.25, 0.3) is 5.65 Å². The number of pyridine rings is 1. The van der Waals surface area contributed by atoms with Gasteiger partial charge in [-0.3, -0.25) is 0 Å². The largest absolute Gasteiger partial charge is 0.302 e. The van der Waals surface area contributed by atoms with Crippen molar-refractivity contribution in [3.8, 4) is 0 Å². The van der Waals surface area contributed by atoms with E-state index in [1.165, 1.54) is 18.5 Å². The third kappa shape index (κ3) is 1.14. The Bertz CT molecular complexity index is 497. The molecule has 3 heteroatoms. The van der Waals surface area contributed by atoms with E-state index < -0.39 is 0 Å². The molecule has 2 aromatic rings. The molecule has 2 heterocycles. The normalized spacial score (nSPS) is 16.4. The van der Waals surface area contributed by atoms with E-state index in [1.54, 1.807) is 0 Å². The van der Waals surface area contributed by atoms with Gasteiger partial charge in [0, 0.05) is 24.0 Å². The van der Waals surface area contributed by atoms with Crippen LogP contribution in [0.1, 0.15) is 30.0 Å². The molecule has 0 radical (unpaired) electrons. The molecule has 3 rings (SSSR count). The summed E-state index contributed by atoms with van der Waals surface area (Å²) in [6.45, 7) is 2.05. The third-order valence-corrected chi connectivity index (χ3v) is 2.99. The van der Waals surface area contributed by atoms with Crippen LogP contribution in [-0.2, 0) is 0 Å². The van der Waals surface area contributed by atoms with E-state index in [9.17, 15) is 0 Å². The topological polar surface area (TPSA) is 17.3 Å². The second kappa shape index (κ2) is 2.74. The summed E-state index contributed by atoms with van der Waals surface area (Å²) >= 11 is 6.03. The summed E-state index contributed by atoms with van der Waals surface area (Å²) in [5.41, 5.74) is 3.49. The van der Waals surface area contributed by atoms with Gasteiger partial charge in [-0.1, -0.05) is 11.6 Å². The van der Waals surface area contributed by atoms with E-state index in [4.69, 9.17) is 11.6 Å². The highest BCUT2D eigenvalue weighted by molar-refractivity contribution is 6.30. The van der Waals surface area contributed by atoms with Crippen LogP contribution in [0, 0.1) is 6.92 Å². The SMILES string of the molecule is Cc1cc(Cl)cn2c(C3CC3)cnc12. The Kier molecular flexibility index (Phi) is 1.62. The Balaban J connectivity index is 2.33. The lowest BCUT2D eigenvalue weighted by Gasteiger charge is -2.02. The van der Waals surface area contributed by atoms with Crippen molar-refractivity contribution < 1.29 is 0 Å². The van der Waals surface area contributed by atoms with Gasteiger partial charge in [-0.2, -0.15) is 0 Å². The maximum absolute atomic E-state index is 6.03. The van der Waals surface area contributed by atoms with Gasteiger partial charge in [0.2, 0.25) is 0 Å². The molecule has 2 aromatic heterocycles. The second-order valence-corrected chi connectivity index (χ2v) is 4.43. The number of aromatic nitrogens is 2. The van der Waals surface area contributed by atoms with Gasteiger partial charge >= 0.3 is 0 Å². The quantitative estimate of drug-likeness (QED) is 0.701. The Morgan fingerprint density at radius 1 is 1.50 bits per heavy atom. The number of rotatable bonds is 1. The van der Waals surface area contributed by atoms with Crippen molar-refractivity contribution >= 4 is 17.2 Å². The van der Waals surface area contributed by atoms with Crippen LogP contribution in [0.2, 0.25) is 5.02 Å². The molecular formula is C11H11ClN2. The minimum atomic E-state index is 0.711. The van der Waals surface area contributed by atoms with E-state index in [1.807, 2.05) is 25.4 Å². The van der Waals surface area contributed by atoms with E-state index in [0.717, 1.165) is 16.2 Å². The highest BCUT2D eigenvalue weighted by Crippen LogP contribution is 2.40. The molecule has 1 fully saturated rings. The zero-order chi connectivity index (χ0) is 9.71. The molecule has 0 unspecified atom stereocenters. The van der Waals surface area contributed by atoms with E-state index in [2.05, 4.69) is 9.38 Å². The molecule has 72 valence electrons. The fourth-order valence-corrected chi connectivity index (χ4v) is 2.18. The van der Waals surface area contributed by atoms with Gasteiger partial charge < -0.3 is 4.40 Å². The van der Waals surface area contributed by atoms with Crippen LogP contribution in [0.5, 0.6) is 0 Å². The molecule has 1 saturated carbocycles. The lowest BCUT2D eigenvalue weighted by atomic mass is 10.3. The predicted molar refractivity (Wildman–Crippen MR) is 56.9 cm³/mol. The summed E-state index contributed by atoms with van der Waals surface area (Å²) in [7, 11) is 0. The van der Waals surface area contributed by atoms with Crippen molar-refractivity contribution in [2.75, 3.05) is 0 Å². The van der Waals surface area contributed by atoms with Gasteiger partial charge in [0.05, 0.1) is 5.02 Å². The van der Waals surface area contributed by atoms with Gasteiger partial charge in [-0.15, -0.1) is 0 Å². The standard InChI is InChI=1S/C11H11ClN2/c1-7-4-9(12)6-14-10(8-2-3-8)5-13-11(7)14/h4-6,8H,2-3H2,1H3. The maximum atomic E-state index is 6.03. The molecule has 0 aliphatic heterocycles. The Hall–Kier alpha value is -1.02. The molecule has 0 saturated heterocycles. The summed E-state index contributed by atoms with van der Waals surface area (Å²) in [5.74, 6) is 0.711. The number of aryl methyl sites for hydroxylation is 1. The lowest BCUT2D eigenvalue weighted by Crippen LogP contribution is -1.92. The lowest BCUT2D eigenvalue weighted by molar-refractivity contribution is 0.980. The van der Waals surface area contributed by atoms with Crippen molar-refractivity contribution in [3.63, 3.8) is 0 Å². The first-order valence-electron chi connectivity index (χ1n) is 4.89. The molecule has 0 amide bonds. The molecule has 0 atom stereocenters. The van der Waals surface area contributed by atoms with E-state index in [-0.39, 0.29) is 0 Å². The first kappa shape index (κ1) is 8.30. The molecule has 0 N–H and O–H groups in total. The summed E-state index contributed by atoms with van der Waals surface area (Å²) < 4.78 is 2.13. The molecule has 0 bridgehead atoms. The second-order valence-electron chi connectivity index (χ2n) is 3.99. The number of imidazole rings is 1. The third-order valence-electron chi connectivity index (χ3n) is 2.78. The minimum Gasteiger partial charge on any atom is -0.302 e. The zero-order valence-corrected chi connectivity index (χ0v) is 8.75. The van der Waals surface area contributed by atoms with E-state index >= 15 is 0 Å². The summed E-state index contributed by atoms with van der Waals surface area (Å²) in [6, 6.07) is 1.96. The number of fused-ring (bicyclic) bond motifs is 1.